The van der Waals surface area contributed by atoms with Crippen molar-refractivity contribution in [3.8, 4) is 56.3 Å². The molecule has 13 rings (SSSR count). The van der Waals surface area contributed by atoms with Crippen molar-refractivity contribution < 1.29 is 0 Å². The highest BCUT2D eigenvalue weighted by Crippen LogP contribution is 2.52. The molecule has 5 heteroatoms. The van der Waals surface area contributed by atoms with E-state index in [2.05, 4.69) is 191 Å². The summed E-state index contributed by atoms with van der Waals surface area (Å²) in [6, 6.07) is 65.8. The van der Waals surface area contributed by atoms with Crippen LogP contribution in [0, 0.1) is 0 Å². The average Bonchev–Trinajstić information content (AvgIpc) is 3.90. The molecule has 0 fully saturated rings. The van der Waals surface area contributed by atoms with Crippen LogP contribution in [0.15, 0.2) is 182 Å². The van der Waals surface area contributed by atoms with Gasteiger partial charge in [-0.05, 0) is 58.7 Å². The van der Waals surface area contributed by atoms with E-state index < -0.39 is 0 Å². The molecule has 0 spiro atoms. The zero-order valence-corrected chi connectivity index (χ0v) is 31.3. The fourth-order valence-electron chi connectivity index (χ4n) is 9.48. The van der Waals surface area contributed by atoms with Crippen molar-refractivity contribution in [1.29, 1.82) is 0 Å². The van der Waals surface area contributed by atoms with Gasteiger partial charge in [-0.1, -0.05) is 146 Å². The van der Waals surface area contributed by atoms with Gasteiger partial charge in [-0.2, -0.15) is 0 Å². The molecule has 1 aliphatic rings. The molecule has 4 nitrogen and oxygen atoms in total. The highest BCUT2D eigenvalue weighted by Gasteiger charge is 2.29. The molecule has 0 bridgehead atoms. The first kappa shape index (κ1) is 30.9. The third-order valence-electron chi connectivity index (χ3n) is 11.9. The summed E-state index contributed by atoms with van der Waals surface area (Å²) in [6.45, 7) is 0. The van der Waals surface area contributed by atoms with E-state index in [0.717, 1.165) is 43.5 Å². The molecule has 0 unspecified atom stereocenters. The van der Waals surface area contributed by atoms with Crippen LogP contribution in [-0.4, -0.2) is 19.1 Å². The Bertz CT molecular complexity index is 3640. The molecule has 57 heavy (non-hydrogen) atoms. The predicted octanol–water partition coefficient (Wildman–Crippen LogP) is 14.0. The molecular weight excluding hydrogens is 713 g/mol. The van der Waals surface area contributed by atoms with Crippen LogP contribution in [0.25, 0.3) is 120 Å². The van der Waals surface area contributed by atoms with Crippen molar-refractivity contribution in [3.63, 3.8) is 0 Å². The van der Waals surface area contributed by atoms with Crippen LogP contribution in [0.1, 0.15) is 0 Å². The molecule has 8 aromatic carbocycles. The van der Waals surface area contributed by atoms with Crippen LogP contribution in [0.2, 0.25) is 0 Å². The Hall–Kier alpha value is -7.34. The number of thiophene rings is 1. The molecule has 0 amide bonds. The Kier molecular flexibility index (Phi) is 6.29. The molecule has 0 saturated heterocycles. The smallest absolute Gasteiger partial charge is 0.235 e. The van der Waals surface area contributed by atoms with Crippen LogP contribution >= 0.6 is 11.3 Å². The van der Waals surface area contributed by atoms with Crippen molar-refractivity contribution in [3.05, 3.63) is 182 Å². The number of para-hydroxylation sites is 3. The number of hydrogen-bond acceptors (Lipinski definition) is 3. The highest BCUT2D eigenvalue weighted by molar-refractivity contribution is 7.26. The van der Waals surface area contributed by atoms with E-state index >= 15 is 0 Å². The standard InChI is InChI=1S/C52H30N4S/c1-2-15-31(16-3-1)32-17-14-18-33(29-32)48-51-49(39-24-9-13-28-45(39)57-51)54-52(53-48)56-43-27-12-8-23-38(43)46-44(56)30-40-36-21-7-11-26-42(36)55-41-25-10-6-20-35(41)34-19-4-5-22-37(34)47(46)50(40)55/h1-30H. The summed E-state index contributed by atoms with van der Waals surface area (Å²) in [7, 11) is 0. The Balaban J connectivity index is 1.20. The normalized spacial score (nSPS) is 12.2. The lowest BCUT2D eigenvalue weighted by Crippen LogP contribution is -2.03. The molecule has 4 aromatic heterocycles. The van der Waals surface area contributed by atoms with Gasteiger partial charge in [-0.3, -0.25) is 4.57 Å². The van der Waals surface area contributed by atoms with Crippen molar-refractivity contribution in [2.75, 3.05) is 0 Å². The first-order valence-electron chi connectivity index (χ1n) is 19.3. The number of rotatable bonds is 3. The van der Waals surface area contributed by atoms with Crippen LogP contribution in [0.4, 0.5) is 0 Å². The van der Waals surface area contributed by atoms with Gasteiger partial charge in [-0.25, -0.2) is 9.97 Å². The second-order valence-electron chi connectivity index (χ2n) is 14.9. The number of benzene rings is 8. The number of hydrogen-bond donors (Lipinski definition) is 0. The van der Waals surface area contributed by atoms with E-state index in [0.29, 0.717) is 5.95 Å². The van der Waals surface area contributed by atoms with Crippen LogP contribution < -0.4 is 0 Å². The number of fused-ring (bicyclic) bond motifs is 15. The largest absolute Gasteiger partial charge is 0.308 e. The minimum atomic E-state index is 0.665. The molecule has 0 radical (unpaired) electrons. The number of nitrogens with zero attached hydrogens (tertiary/aromatic N) is 4. The van der Waals surface area contributed by atoms with Crippen LogP contribution in [-0.2, 0) is 0 Å². The summed E-state index contributed by atoms with van der Waals surface area (Å²) in [5.41, 5.74) is 16.0. The van der Waals surface area contributed by atoms with Gasteiger partial charge >= 0.3 is 0 Å². The van der Waals surface area contributed by atoms with Gasteiger partial charge in [0, 0.05) is 48.3 Å². The molecule has 0 atom stereocenters. The second kappa shape index (κ2) is 11.6. The molecule has 0 aliphatic carbocycles. The fraction of sp³-hybridized carbons (Fsp3) is 0. The zero-order chi connectivity index (χ0) is 37.2. The van der Waals surface area contributed by atoms with E-state index in [-0.39, 0.29) is 0 Å². The lowest BCUT2D eigenvalue weighted by Gasteiger charge is -2.13. The van der Waals surface area contributed by atoms with Gasteiger partial charge in [-0.15, -0.1) is 11.3 Å². The van der Waals surface area contributed by atoms with Gasteiger partial charge < -0.3 is 4.57 Å². The summed E-state index contributed by atoms with van der Waals surface area (Å²) in [5.74, 6) is 0.665. The van der Waals surface area contributed by atoms with E-state index in [9.17, 15) is 0 Å². The van der Waals surface area contributed by atoms with E-state index in [4.69, 9.17) is 9.97 Å². The molecule has 264 valence electrons. The molecule has 5 heterocycles. The summed E-state index contributed by atoms with van der Waals surface area (Å²) in [4.78, 5) is 11.2. The minimum Gasteiger partial charge on any atom is -0.308 e. The fourth-order valence-corrected chi connectivity index (χ4v) is 10.6. The molecule has 0 N–H and O–H groups in total. The van der Waals surface area contributed by atoms with Crippen molar-refractivity contribution in [1.82, 2.24) is 19.1 Å². The monoisotopic (exact) mass is 742 g/mol. The summed E-state index contributed by atoms with van der Waals surface area (Å²) in [6.07, 6.45) is 0. The van der Waals surface area contributed by atoms with Gasteiger partial charge in [0.2, 0.25) is 5.95 Å². The number of aromatic nitrogens is 4. The van der Waals surface area contributed by atoms with Crippen LogP contribution in [0.3, 0.4) is 0 Å². The minimum absolute atomic E-state index is 0.665. The zero-order valence-electron chi connectivity index (χ0n) is 30.5. The quantitative estimate of drug-likeness (QED) is 0.181. The Morgan fingerprint density at radius 1 is 0.421 bits per heavy atom. The first-order chi connectivity index (χ1) is 28.3. The summed E-state index contributed by atoms with van der Waals surface area (Å²) >= 11 is 1.77. The van der Waals surface area contributed by atoms with Gasteiger partial charge in [0.25, 0.3) is 0 Å². The molecule has 1 aliphatic heterocycles. The third-order valence-corrected chi connectivity index (χ3v) is 13.0. The third kappa shape index (κ3) is 4.26. The van der Waals surface area contributed by atoms with Gasteiger partial charge in [0.15, 0.2) is 0 Å². The van der Waals surface area contributed by atoms with E-state index in [1.54, 1.807) is 11.3 Å². The van der Waals surface area contributed by atoms with Crippen molar-refractivity contribution in [2.45, 2.75) is 0 Å². The SMILES string of the molecule is c1ccc(-c2cccc(-c3nc(-n4c5ccccc5c5c6c7c(cc54)c4ccccc4n7-c4ccccc4-c4ccccc4-6)nc4c3sc3ccccc34)c2)cc1. The Morgan fingerprint density at radius 3 is 1.93 bits per heavy atom. The Morgan fingerprint density at radius 2 is 1.07 bits per heavy atom. The summed E-state index contributed by atoms with van der Waals surface area (Å²) < 4.78 is 7.12. The topological polar surface area (TPSA) is 35.6 Å². The van der Waals surface area contributed by atoms with E-state index in [1.807, 2.05) is 0 Å². The van der Waals surface area contributed by atoms with Gasteiger partial charge in [0.05, 0.1) is 43.7 Å². The lowest BCUT2D eigenvalue weighted by atomic mass is 9.91. The average molecular weight is 743 g/mol. The van der Waals surface area contributed by atoms with Crippen molar-refractivity contribution in [2.24, 2.45) is 0 Å². The predicted molar refractivity (Wildman–Crippen MR) is 239 cm³/mol. The second-order valence-corrected chi connectivity index (χ2v) is 16.0. The molecular formula is C52H30N4S. The maximum Gasteiger partial charge on any atom is 0.235 e. The first-order valence-corrected chi connectivity index (χ1v) is 20.2. The van der Waals surface area contributed by atoms with Gasteiger partial charge in [0.1, 0.15) is 0 Å². The van der Waals surface area contributed by atoms with Crippen molar-refractivity contribution >= 4 is 75.3 Å². The maximum atomic E-state index is 5.61. The van der Waals surface area contributed by atoms with E-state index in [1.165, 1.54) is 70.8 Å². The lowest BCUT2D eigenvalue weighted by molar-refractivity contribution is 1.02. The van der Waals surface area contributed by atoms with Crippen LogP contribution in [0.5, 0.6) is 0 Å². The summed E-state index contributed by atoms with van der Waals surface area (Å²) in [5, 5.41) is 5.95. The molecule has 0 saturated carbocycles. The molecule has 12 aromatic rings. The Labute approximate surface area is 331 Å². The maximum absolute atomic E-state index is 5.61. The highest BCUT2D eigenvalue weighted by atomic mass is 32.1.